The van der Waals surface area contributed by atoms with Gasteiger partial charge in [0.25, 0.3) is 0 Å². The van der Waals surface area contributed by atoms with E-state index in [-0.39, 0.29) is 0 Å². The molecular formula is C13H27N. The Kier molecular flexibility index (Phi) is 4.94. The molecule has 1 heteroatoms. The monoisotopic (exact) mass is 197 g/mol. The first-order valence-electron chi connectivity index (χ1n) is 6.41. The minimum absolute atomic E-state index is 0.686. The highest BCUT2D eigenvalue weighted by Gasteiger charge is 2.23. The predicted molar refractivity (Wildman–Crippen MR) is 63.5 cm³/mol. The van der Waals surface area contributed by atoms with Crippen LogP contribution in [0.25, 0.3) is 0 Å². The van der Waals surface area contributed by atoms with Crippen molar-refractivity contribution >= 4 is 0 Å². The van der Waals surface area contributed by atoms with Crippen molar-refractivity contribution in [1.82, 2.24) is 5.32 Å². The van der Waals surface area contributed by atoms with Crippen LogP contribution in [0.4, 0.5) is 0 Å². The summed E-state index contributed by atoms with van der Waals surface area (Å²) in [6.07, 6.45) is 6.97. The standard InChI is InChI=1S/C13H27N/c1-5-10(2)12(4)14-13-9-7-6-8-11(13)3/h10-14H,5-9H2,1-4H3/t10-,11+,12-,13+/m0/s1. The normalized spacial score (nSPS) is 32.6. The zero-order chi connectivity index (χ0) is 10.6. The van der Waals surface area contributed by atoms with E-state index in [9.17, 15) is 0 Å². The molecule has 1 saturated carbocycles. The molecule has 1 N–H and O–H groups in total. The quantitative estimate of drug-likeness (QED) is 0.726. The Balaban J connectivity index is 2.34. The number of rotatable bonds is 4. The van der Waals surface area contributed by atoms with Gasteiger partial charge in [0.2, 0.25) is 0 Å². The molecule has 1 nitrogen and oxygen atoms in total. The highest BCUT2D eigenvalue weighted by atomic mass is 15.0. The zero-order valence-electron chi connectivity index (χ0n) is 10.3. The summed E-state index contributed by atoms with van der Waals surface area (Å²) in [5.74, 6) is 1.69. The average Bonchev–Trinajstić information content (AvgIpc) is 2.20. The molecule has 0 unspecified atom stereocenters. The van der Waals surface area contributed by atoms with E-state index in [2.05, 4.69) is 33.0 Å². The first-order valence-corrected chi connectivity index (χ1v) is 6.41. The number of hydrogen-bond acceptors (Lipinski definition) is 1. The lowest BCUT2D eigenvalue weighted by Crippen LogP contribution is -2.44. The van der Waals surface area contributed by atoms with Crippen molar-refractivity contribution < 1.29 is 0 Å². The van der Waals surface area contributed by atoms with Crippen molar-refractivity contribution in [2.75, 3.05) is 0 Å². The smallest absolute Gasteiger partial charge is 0.00952 e. The highest BCUT2D eigenvalue weighted by molar-refractivity contribution is 4.81. The van der Waals surface area contributed by atoms with Crippen LogP contribution in [0.2, 0.25) is 0 Å². The van der Waals surface area contributed by atoms with Gasteiger partial charge in [-0.3, -0.25) is 0 Å². The Morgan fingerprint density at radius 3 is 2.43 bits per heavy atom. The summed E-state index contributed by atoms with van der Waals surface area (Å²) < 4.78 is 0. The average molecular weight is 197 g/mol. The molecule has 0 heterocycles. The van der Waals surface area contributed by atoms with Crippen molar-refractivity contribution in [3.63, 3.8) is 0 Å². The first kappa shape index (κ1) is 12.0. The third kappa shape index (κ3) is 3.27. The predicted octanol–water partition coefficient (Wildman–Crippen LogP) is 3.59. The van der Waals surface area contributed by atoms with E-state index in [0.29, 0.717) is 6.04 Å². The molecule has 14 heavy (non-hydrogen) atoms. The minimum Gasteiger partial charge on any atom is -0.311 e. The van der Waals surface area contributed by atoms with Gasteiger partial charge in [-0.05, 0) is 31.6 Å². The largest absolute Gasteiger partial charge is 0.311 e. The second kappa shape index (κ2) is 5.75. The molecule has 0 amide bonds. The molecule has 0 radical (unpaired) electrons. The summed E-state index contributed by atoms with van der Waals surface area (Å²) in [4.78, 5) is 0. The van der Waals surface area contributed by atoms with Crippen LogP contribution in [-0.2, 0) is 0 Å². The van der Waals surface area contributed by atoms with E-state index in [1.807, 2.05) is 0 Å². The Morgan fingerprint density at radius 1 is 1.21 bits per heavy atom. The van der Waals surface area contributed by atoms with E-state index >= 15 is 0 Å². The van der Waals surface area contributed by atoms with Crippen LogP contribution in [0.1, 0.15) is 59.8 Å². The van der Waals surface area contributed by atoms with Gasteiger partial charge in [-0.1, -0.05) is 40.0 Å². The lowest BCUT2D eigenvalue weighted by atomic mass is 9.85. The maximum Gasteiger partial charge on any atom is 0.00952 e. The summed E-state index contributed by atoms with van der Waals surface area (Å²) >= 11 is 0. The SMILES string of the molecule is CC[C@H](C)[C@H](C)N[C@@H]1CCCC[C@H]1C. The summed E-state index contributed by atoms with van der Waals surface area (Å²) in [5.41, 5.74) is 0. The van der Waals surface area contributed by atoms with Crippen LogP contribution < -0.4 is 5.32 Å². The van der Waals surface area contributed by atoms with Crippen molar-refractivity contribution in [3.05, 3.63) is 0 Å². The molecule has 0 bridgehead atoms. The van der Waals surface area contributed by atoms with Crippen molar-refractivity contribution in [1.29, 1.82) is 0 Å². The number of hydrogen-bond donors (Lipinski definition) is 1. The molecule has 0 spiro atoms. The van der Waals surface area contributed by atoms with Crippen LogP contribution in [0.15, 0.2) is 0 Å². The summed E-state index contributed by atoms with van der Waals surface area (Å²) in [5, 5.41) is 3.82. The van der Waals surface area contributed by atoms with Gasteiger partial charge >= 0.3 is 0 Å². The van der Waals surface area contributed by atoms with E-state index in [0.717, 1.165) is 17.9 Å². The highest BCUT2D eigenvalue weighted by Crippen LogP contribution is 2.24. The topological polar surface area (TPSA) is 12.0 Å². The van der Waals surface area contributed by atoms with Crippen LogP contribution >= 0.6 is 0 Å². The molecule has 1 aliphatic rings. The van der Waals surface area contributed by atoms with Crippen molar-refractivity contribution in [2.45, 2.75) is 71.9 Å². The van der Waals surface area contributed by atoms with Gasteiger partial charge in [-0.2, -0.15) is 0 Å². The zero-order valence-corrected chi connectivity index (χ0v) is 10.3. The van der Waals surface area contributed by atoms with Crippen LogP contribution in [0, 0.1) is 11.8 Å². The maximum absolute atomic E-state index is 3.82. The third-order valence-electron chi connectivity index (χ3n) is 4.09. The lowest BCUT2D eigenvalue weighted by Gasteiger charge is -2.34. The molecular weight excluding hydrogens is 170 g/mol. The van der Waals surface area contributed by atoms with E-state index in [1.54, 1.807) is 0 Å². The molecule has 1 fully saturated rings. The summed E-state index contributed by atoms with van der Waals surface area (Å²) in [7, 11) is 0. The van der Waals surface area contributed by atoms with Gasteiger partial charge in [-0.25, -0.2) is 0 Å². The molecule has 0 aliphatic heterocycles. The molecule has 1 rings (SSSR count). The Hall–Kier alpha value is -0.0400. The Morgan fingerprint density at radius 2 is 1.86 bits per heavy atom. The number of nitrogens with one attached hydrogen (secondary N) is 1. The van der Waals surface area contributed by atoms with Crippen LogP contribution in [0.5, 0.6) is 0 Å². The van der Waals surface area contributed by atoms with Gasteiger partial charge in [0.05, 0.1) is 0 Å². The van der Waals surface area contributed by atoms with Crippen LogP contribution in [0.3, 0.4) is 0 Å². The van der Waals surface area contributed by atoms with E-state index in [1.165, 1.54) is 32.1 Å². The molecule has 0 aromatic heterocycles. The van der Waals surface area contributed by atoms with Gasteiger partial charge < -0.3 is 5.32 Å². The molecule has 0 aromatic rings. The molecule has 0 aromatic carbocycles. The van der Waals surface area contributed by atoms with Crippen LogP contribution in [-0.4, -0.2) is 12.1 Å². The first-order chi connectivity index (χ1) is 6.65. The Bertz CT molecular complexity index is 155. The van der Waals surface area contributed by atoms with E-state index in [4.69, 9.17) is 0 Å². The Labute approximate surface area is 89.7 Å². The minimum atomic E-state index is 0.686. The fourth-order valence-corrected chi connectivity index (χ4v) is 2.42. The van der Waals surface area contributed by atoms with Crippen molar-refractivity contribution in [2.24, 2.45) is 11.8 Å². The third-order valence-corrected chi connectivity index (χ3v) is 4.09. The van der Waals surface area contributed by atoms with Gasteiger partial charge in [0.1, 0.15) is 0 Å². The lowest BCUT2D eigenvalue weighted by molar-refractivity contribution is 0.237. The fourth-order valence-electron chi connectivity index (χ4n) is 2.42. The molecule has 84 valence electrons. The van der Waals surface area contributed by atoms with Gasteiger partial charge in [0, 0.05) is 12.1 Å². The van der Waals surface area contributed by atoms with E-state index < -0.39 is 0 Å². The van der Waals surface area contributed by atoms with Crippen molar-refractivity contribution in [3.8, 4) is 0 Å². The second-order valence-electron chi connectivity index (χ2n) is 5.21. The maximum atomic E-state index is 3.82. The van der Waals surface area contributed by atoms with Gasteiger partial charge in [0.15, 0.2) is 0 Å². The molecule has 4 atom stereocenters. The molecule has 1 aliphatic carbocycles. The fraction of sp³-hybridized carbons (Fsp3) is 1.00. The summed E-state index contributed by atoms with van der Waals surface area (Å²) in [6.45, 7) is 9.38. The van der Waals surface area contributed by atoms with Gasteiger partial charge in [-0.15, -0.1) is 0 Å². The second-order valence-corrected chi connectivity index (χ2v) is 5.21. The molecule has 0 saturated heterocycles. The summed E-state index contributed by atoms with van der Waals surface area (Å²) in [6, 6.07) is 1.47.